The number of hydrogen-bond donors (Lipinski definition) is 1. The Balaban J connectivity index is 0.00000144. The van der Waals surface area contributed by atoms with Gasteiger partial charge in [-0.1, -0.05) is 0 Å². The molecule has 1 N–H and O–H groups in total. The van der Waals surface area contributed by atoms with E-state index in [0.717, 1.165) is 25.0 Å². The first-order chi connectivity index (χ1) is 7.58. The SMILES string of the molecule is O=C(Nc1ccc(S(=O)[O-])c(F)c1)C1CC1.[Na+]. The Kier molecular flexibility index (Phi) is 5.27. The summed E-state index contributed by atoms with van der Waals surface area (Å²) in [5, 5.41) is 2.53. The van der Waals surface area contributed by atoms with E-state index in [1.807, 2.05) is 0 Å². The summed E-state index contributed by atoms with van der Waals surface area (Å²) in [7, 11) is 0. The van der Waals surface area contributed by atoms with Gasteiger partial charge in [0, 0.05) is 11.6 Å². The number of benzene rings is 1. The van der Waals surface area contributed by atoms with Crippen molar-refractivity contribution in [3.63, 3.8) is 0 Å². The van der Waals surface area contributed by atoms with E-state index >= 15 is 0 Å². The van der Waals surface area contributed by atoms with Gasteiger partial charge >= 0.3 is 29.6 Å². The van der Waals surface area contributed by atoms with Crippen LogP contribution in [0.3, 0.4) is 0 Å². The fraction of sp³-hybridized carbons (Fsp3) is 0.300. The Bertz CT molecular complexity index is 465. The van der Waals surface area contributed by atoms with Crippen molar-refractivity contribution in [1.82, 2.24) is 0 Å². The van der Waals surface area contributed by atoms with Crippen LogP contribution in [-0.2, 0) is 15.9 Å². The number of amides is 1. The van der Waals surface area contributed by atoms with Crippen LogP contribution in [0.4, 0.5) is 10.1 Å². The van der Waals surface area contributed by atoms with Crippen molar-refractivity contribution in [3.05, 3.63) is 24.0 Å². The quantitative estimate of drug-likeness (QED) is 0.529. The summed E-state index contributed by atoms with van der Waals surface area (Å²) >= 11 is -2.60. The largest absolute Gasteiger partial charge is 1.00 e. The molecule has 0 radical (unpaired) electrons. The number of nitrogens with one attached hydrogen (secondary N) is 1. The monoisotopic (exact) mass is 265 g/mol. The summed E-state index contributed by atoms with van der Waals surface area (Å²) < 4.78 is 34.3. The first-order valence-corrected chi connectivity index (χ1v) is 5.85. The molecule has 1 aliphatic rings. The van der Waals surface area contributed by atoms with Crippen LogP contribution in [0.25, 0.3) is 0 Å². The van der Waals surface area contributed by atoms with Gasteiger partial charge in [0.15, 0.2) is 0 Å². The molecule has 86 valence electrons. The molecule has 0 saturated heterocycles. The van der Waals surface area contributed by atoms with E-state index in [1.54, 1.807) is 0 Å². The number of halogens is 1. The van der Waals surface area contributed by atoms with Crippen molar-refractivity contribution in [2.75, 3.05) is 5.32 Å². The van der Waals surface area contributed by atoms with Crippen LogP contribution < -0.4 is 34.9 Å². The molecule has 4 nitrogen and oxygen atoms in total. The van der Waals surface area contributed by atoms with Gasteiger partial charge in [-0.15, -0.1) is 0 Å². The molecule has 17 heavy (non-hydrogen) atoms. The number of hydrogen-bond acceptors (Lipinski definition) is 3. The topological polar surface area (TPSA) is 69.2 Å². The third-order valence-electron chi connectivity index (χ3n) is 2.33. The Morgan fingerprint density at radius 3 is 2.59 bits per heavy atom. The summed E-state index contributed by atoms with van der Waals surface area (Å²) in [6, 6.07) is 3.50. The zero-order valence-corrected chi connectivity index (χ0v) is 12.1. The van der Waals surface area contributed by atoms with Crippen molar-refractivity contribution in [2.45, 2.75) is 17.7 Å². The second kappa shape index (κ2) is 6.06. The van der Waals surface area contributed by atoms with Crippen molar-refractivity contribution in [1.29, 1.82) is 0 Å². The van der Waals surface area contributed by atoms with E-state index in [0.29, 0.717) is 0 Å². The normalized spacial score (nSPS) is 15.9. The summed E-state index contributed by atoms with van der Waals surface area (Å²) in [6.45, 7) is 0. The van der Waals surface area contributed by atoms with Crippen molar-refractivity contribution in [3.8, 4) is 0 Å². The minimum atomic E-state index is -2.60. The van der Waals surface area contributed by atoms with Gasteiger partial charge < -0.3 is 9.87 Å². The van der Waals surface area contributed by atoms with E-state index in [-0.39, 0.29) is 47.1 Å². The van der Waals surface area contributed by atoms with E-state index in [2.05, 4.69) is 5.32 Å². The number of carbonyl (C=O) groups excluding carboxylic acids is 1. The van der Waals surface area contributed by atoms with Gasteiger partial charge in [0.2, 0.25) is 5.91 Å². The molecular weight excluding hydrogens is 256 g/mol. The Morgan fingerprint density at radius 2 is 2.12 bits per heavy atom. The molecule has 0 bridgehead atoms. The first-order valence-electron chi connectivity index (χ1n) is 4.77. The van der Waals surface area contributed by atoms with Crippen molar-refractivity contribution in [2.24, 2.45) is 5.92 Å². The van der Waals surface area contributed by atoms with Gasteiger partial charge in [-0.05, 0) is 42.1 Å². The number of rotatable bonds is 3. The van der Waals surface area contributed by atoms with Crippen LogP contribution in [0, 0.1) is 11.7 Å². The maximum absolute atomic E-state index is 13.2. The number of anilines is 1. The molecule has 1 atom stereocenters. The van der Waals surface area contributed by atoms with Crippen LogP contribution in [-0.4, -0.2) is 14.7 Å². The van der Waals surface area contributed by atoms with Gasteiger partial charge in [-0.25, -0.2) is 4.39 Å². The van der Waals surface area contributed by atoms with Gasteiger partial charge in [-0.3, -0.25) is 9.00 Å². The molecule has 0 aromatic heterocycles. The van der Waals surface area contributed by atoms with Gasteiger partial charge in [0.1, 0.15) is 5.82 Å². The van der Waals surface area contributed by atoms with Gasteiger partial charge in [0.05, 0.1) is 4.90 Å². The Hall–Kier alpha value is -0.270. The molecular formula is C10H9FNNaO3S. The fourth-order valence-electron chi connectivity index (χ4n) is 1.30. The van der Waals surface area contributed by atoms with Crippen LogP contribution in [0.5, 0.6) is 0 Å². The maximum atomic E-state index is 13.2. The van der Waals surface area contributed by atoms with Crippen molar-refractivity contribution < 1.29 is 47.5 Å². The molecule has 2 rings (SSSR count). The van der Waals surface area contributed by atoms with Gasteiger partial charge in [0.25, 0.3) is 0 Å². The smallest absolute Gasteiger partial charge is 0.768 e. The van der Waals surface area contributed by atoms with Crippen molar-refractivity contribution >= 4 is 22.7 Å². The van der Waals surface area contributed by atoms with E-state index < -0.39 is 21.8 Å². The second-order valence-electron chi connectivity index (χ2n) is 3.64. The minimum absolute atomic E-state index is 0. The molecule has 7 heteroatoms. The summed E-state index contributed by atoms with van der Waals surface area (Å²) in [6.07, 6.45) is 1.72. The molecule has 1 aliphatic carbocycles. The fourth-order valence-corrected chi connectivity index (χ4v) is 1.70. The molecule has 1 fully saturated rings. The Labute approximate surface area is 123 Å². The zero-order valence-electron chi connectivity index (χ0n) is 9.23. The summed E-state index contributed by atoms with van der Waals surface area (Å²) in [5.74, 6) is -0.978. The summed E-state index contributed by atoms with van der Waals surface area (Å²) in [5.41, 5.74) is 0.281. The van der Waals surface area contributed by atoms with Crippen LogP contribution in [0.2, 0.25) is 0 Å². The third kappa shape index (κ3) is 3.86. The van der Waals surface area contributed by atoms with E-state index in [1.165, 1.54) is 6.07 Å². The Morgan fingerprint density at radius 1 is 1.47 bits per heavy atom. The molecule has 0 aliphatic heterocycles. The molecule has 1 amide bonds. The van der Waals surface area contributed by atoms with Crippen LogP contribution in [0.1, 0.15) is 12.8 Å². The molecule has 0 heterocycles. The molecule has 0 spiro atoms. The standard InChI is InChI=1S/C10H10FNO3S.Na/c11-8-5-7(3-4-9(8)16(14)15)12-10(13)6-1-2-6;/h3-6H,1-2H2,(H,12,13)(H,14,15);/q;+1/p-1. The average molecular weight is 265 g/mol. The predicted molar refractivity (Wildman–Crippen MR) is 54.9 cm³/mol. The first kappa shape index (κ1) is 14.8. The summed E-state index contributed by atoms with van der Waals surface area (Å²) in [4.78, 5) is 11.0. The second-order valence-corrected chi connectivity index (χ2v) is 4.55. The molecule has 1 saturated carbocycles. The minimum Gasteiger partial charge on any atom is -0.768 e. The van der Waals surface area contributed by atoms with Gasteiger partial charge in [-0.2, -0.15) is 0 Å². The van der Waals surface area contributed by atoms with E-state index in [4.69, 9.17) is 0 Å². The maximum Gasteiger partial charge on any atom is 1.00 e. The van der Waals surface area contributed by atoms with Crippen LogP contribution in [0.15, 0.2) is 23.1 Å². The van der Waals surface area contributed by atoms with Crippen LogP contribution >= 0.6 is 0 Å². The number of carbonyl (C=O) groups is 1. The molecule has 1 unspecified atom stereocenters. The average Bonchev–Trinajstić information content (AvgIpc) is 2.99. The predicted octanol–water partition coefficient (Wildman–Crippen LogP) is -1.58. The molecule has 1 aromatic rings. The third-order valence-corrected chi connectivity index (χ3v) is 3.02. The van der Waals surface area contributed by atoms with E-state index in [9.17, 15) is 17.9 Å². The zero-order chi connectivity index (χ0) is 11.7. The molecule has 1 aromatic carbocycles.